The molecule has 1 aliphatic rings. The highest BCUT2D eigenvalue weighted by Crippen LogP contribution is 2.23. The maximum absolute atomic E-state index is 9.78. The Bertz CT molecular complexity index is 537. The molecular weight excluding hydrogens is 255 g/mol. The van der Waals surface area contributed by atoms with Gasteiger partial charge in [-0.05, 0) is 29.8 Å². The third-order valence-electron chi connectivity index (χ3n) is 2.34. The molecule has 1 aromatic carbocycles. The van der Waals surface area contributed by atoms with Crippen molar-refractivity contribution in [2.75, 3.05) is 0 Å². The maximum atomic E-state index is 9.78. The number of aliphatic hydroxyl groups is 1. The first-order valence-electron chi connectivity index (χ1n) is 5.08. The van der Waals surface area contributed by atoms with Crippen molar-refractivity contribution in [2.24, 2.45) is 0 Å². The van der Waals surface area contributed by atoms with Crippen molar-refractivity contribution >= 4 is 29.3 Å². The summed E-state index contributed by atoms with van der Waals surface area (Å²) in [4.78, 5) is 0. The van der Waals surface area contributed by atoms with Crippen LogP contribution < -0.4 is 0 Å². The maximum Gasteiger partial charge on any atom is 0.122 e. The van der Waals surface area contributed by atoms with Crippen LogP contribution in [-0.2, 0) is 0 Å². The second-order valence-electron chi connectivity index (χ2n) is 3.56. The Morgan fingerprint density at radius 3 is 2.47 bits per heavy atom. The Morgan fingerprint density at radius 2 is 1.82 bits per heavy atom. The lowest BCUT2D eigenvalue weighted by Crippen LogP contribution is -1.81. The first kappa shape index (κ1) is 12.0. The zero-order chi connectivity index (χ0) is 12.3. The molecule has 0 bridgehead atoms. The Morgan fingerprint density at radius 1 is 1.12 bits per heavy atom. The van der Waals surface area contributed by atoms with Crippen LogP contribution in [0.3, 0.4) is 0 Å². The van der Waals surface area contributed by atoms with Crippen LogP contribution in [0.2, 0.25) is 10.0 Å². The van der Waals surface area contributed by atoms with Crippen molar-refractivity contribution in [3.05, 3.63) is 75.5 Å². The van der Waals surface area contributed by atoms with Crippen molar-refractivity contribution in [1.82, 2.24) is 0 Å². The Kier molecular flexibility index (Phi) is 3.72. The van der Waals surface area contributed by atoms with Gasteiger partial charge in [0.05, 0.1) is 0 Å². The molecule has 0 aromatic heterocycles. The summed E-state index contributed by atoms with van der Waals surface area (Å²) in [5, 5.41) is 10.9. The number of hydrogen-bond donors (Lipinski definition) is 1. The average Bonchev–Trinajstić information content (AvgIpc) is 2.81. The van der Waals surface area contributed by atoms with E-state index >= 15 is 0 Å². The van der Waals surface area contributed by atoms with Crippen LogP contribution in [0.5, 0.6) is 0 Å². The molecule has 0 saturated carbocycles. The van der Waals surface area contributed by atoms with E-state index in [1.165, 1.54) is 0 Å². The van der Waals surface area contributed by atoms with Crippen LogP contribution in [-0.4, -0.2) is 5.11 Å². The number of aliphatic hydroxyl groups excluding tert-OH is 1. The molecule has 0 atom stereocenters. The highest BCUT2D eigenvalue weighted by atomic mass is 35.5. The van der Waals surface area contributed by atoms with Gasteiger partial charge in [0.15, 0.2) is 0 Å². The number of rotatable bonds is 2. The van der Waals surface area contributed by atoms with E-state index in [0.717, 1.165) is 11.1 Å². The fourth-order valence-electron chi connectivity index (χ4n) is 1.45. The fraction of sp³-hybridized carbons (Fsp3) is 0. The minimum Gasteiger partial charge on any atom is -0.507 e. The van der Waals surface area contributed by atoms with E-state index in [4.69, 9.17) is 23.2 Å². The predicted molar refractivity (Wildman–Crippen MR) is 73.4 cm³/mol. The second kappa shape index (κ2) is 5.26. The molecule has 0 radical (unpaired) electrons. The number of hydrogen-bond acceptors (Lipinski definition) is 1. The third kappa shape index (κ3) is 3.02. The molecule has 17 heavy (non-hydrogen) atoms. The SMILES string of the molecule is OC(/C=C/c1ccc(Cl)cc1Cl)=C1C=CC=C1. The third-order valence-corrected chi connectivity index (χ3v) is 2.90. The lowest BCUT2D eigenvalue weighted by atomic mass is 10.1. The van der Waals surface area contributed by atoms with E-state index < -0.39 is 0 Å². The summed E-state index contributed by atoms with van der Waals surface area (Å²) in [7, 11) is 0. The summed E-state index contributed by atoms with van der Waals surface area (Å²) in [6.07, 6.45) is 10.8. The topological polar surface area (TPSA) is 20.2 Å². The normalized spacial score (nSPS) is 13.9. The quantitative estimate of drug-likeness (QED) is 0.750. The van der Waals surface area contributed by atoms with E-state index in [0.29, 0.717) is 10.0 Å². The molecule has 1 nitrogen and oxygen atoms in total. The van der Waals surface area contributed by atoms with Crippen molar-refractivity contribution < 1.29 is 5.11 Å². The summed E-state index contributed by atoms with van der Waals surface area (Å²) in [6.45, 7) is 0. The van der Waals surface area contributed by atoms with E-state index in [-0.39, 0.29) is 5.76 Å². The number of halogens is 2. The molecule has 1 N–H and O–H groups in total. The first-order valence-corrected chi connectivity index (χ1v) is 5.83. The number of allylic oxidation sites excluding steroid dienone is 6. The average molecular weight is 265 g/mol. The number of benzene rings is 1. The molecule has 1 aliphatic carbocycles. The molecule has 0 amide bonds. The van der Waals surface area contributed by atoms with Gasteiger partial charge in [-0.1, -0.05) is 53.6 Å². The van der Waals surface area contributed by atoms with Crippen molar-refractivity contribution in [3.63, 3.8) is 0 Å². The minimum absolute atomic E-state index is 0.209. The standard InChI is InChI=1S/C14H10Cl2O/c15-12-7-5-10(13(16)9-12)6-8-14(17)11-3-1-2-4-11/h1-9,17H/b8-6+. The highest BCUT2D eigenvalue weighted by Gasteiger charge is 2.00. The Balaban J connectivity index is 2.24. The van der Waals surface area contributed by atoms with E-state index in [1.807, 2.05) is 24.3 Å². The van der Waals surface area contributed by atoms with Crippen molar-refractivity contribution in [2.45, 2.75) is 0 Å². The summed E-state index contributed by atoms with van der Waals surface area (Å²) >= 11 is 11.8. The molecule has 0 heterocycles. The van der Waals surface area contributed by atoms with Crippen LogP contribution in [0.1, 0.15) is 5.56 Å². The van der Waals surface area contributed by atoms with Gasteiger partial charge in [0, 0.05) is 15.6 Å². The van der Waals surface area contributed by atoms with Gasteiger partial charge in [0.25, 0.3) is 0 Å². The van der Waals surface area contributed by atoms with Gasteiger partial charge in [-0.3, -0.25) is 0 Å². The highest BCUT2D eigenvalue weighted by molar-refractivity contribution is 6.35. The summed E-state index contributed by atoms with van der Waals surface area (Å²) < 4.78 is 0. The fourth-order valence-corrected chi connectivity index (χ4v) is 1.92. The van der Waals surface area contributed by atoms with Crippen molar-refractivity contribution in [3.8, 4) is 0 Å². The van der Waals surface area contributed by atoms with Gasteiger partial charge in [0.2, 0.25) is 0 Å². The molecule has 1 aromatic rings. The smallest absolute Gasteiger partial charge is 0.122 e. The predicted octanol–water partition coefficient (Wildman–Crippen LogP) is 4.94. The van der Waals surface area contributed by atoms with Crippen LogP contribution in [0.4, 0.5) is 0 Å². The van der Waals surface area contributed by atoms with Crippen LogP contribution in [0.15, 0.2) is 59.9 Å². The van der Waals surface area contributed by atoms with Crippen molar-refractivity contribution in [1.29, 1.82) is 0 Å². The molecule has 0 fully saturated rings. The molecule has 0 aliphatic heterocycles. The monoisotopic (exact) mass is 264 g/mol. The van der Waals surface area contributed by atoms with Gasteiger partial charge >= 0.3 is 0 Å². The van der Waals surface area contributed by atoms with Gasteiger partial charge in [-0.15, -0.1) is 0 Å². The zero-order valence-corrected chi connectivity index (χ0v) is 10.4. The molecular formula is C14H10Cl2O. The van der Waals surface area contributed by atoms with Gasteiger partial charge < -0.3 is 5.11 Å². The summed E-state index contributed by atoms with van der Waals surface area (Å²) in [5.74, 6) is 0.209. The Hall–Kier alpha value is -1.44. The lowest BCUT2D eigenvalue weighted by molar-refractivity contribution is 0.430. The molecule has 86 valence electrons. The van der Waals surface area contributed by atoms with Crippen LogP contribution in [0, 0.1) is 0 Å². The van der Waals surface area contributed by atoms with Gasteiger partial charge in [-0.2, -0.15) is 0 Å². The summed E-state index contributed by atoms with van der Waals surface area (Å²) in [6, 6.07) is 5.23. The molecule has 3 heteroatoms. The summed E-state index contributed by atoms with van der Waals surface area (Å²) in [5.41, 5.74) is 1.60. The minimum atomic E-state index is 0.209. The van der Waals surface area contributed by atoms with Crippen LogP contribution >= 0.6 is 23.2 Å². The van der Waals surface area contributed by atoms with E-state index in [2.05, 4.69) is 0 Å². The molecule has 0 spiro atoms. The van der Waals surface area contributed by atoms with E-state index in [9.17, 15) is 5.11 Å². The first-order chi connectivity index (χ1) is 8.16. The lowest BCUT2D eigenvalue weighted by Gasteiger charge is -1.99. The largest absolute Gasteiger partial charge is 0.507 e. The van der Waals surface area contributed by atoms with Gasteiger partial charge in [-0.25, -0.2) is 0 Å². The molecule has 0 unspecified atom stereocenters. The van der Waals surface area contributed by atoms with E-state index in [1.54, 1.807) is 30.4 Å². The second-order valence-corrected chi connectivity index (χ2v) is 4.40. The van der Waals surface area contributed by atoms with Gasteiger partial charge in [0.1, 0.15) is 5.76 Å². The molecule has 2 rings (SSSR count). The molecule has 0 saturated heterocycles. The van der Waals surface area contributed by atoms with Crippen LogP contribution in [0.25, 0.3) is 6.08 Å². The Labute approximate surface area is 110 Å². The zero-order valence-electron chi connectivity index (χ0n) is 8.90.